The van der Waals surface area contributed by atoms with Crippen molar-refractivity contribution in [3.63, 3.8) is 0 Å². The minimum Gasteiger partial charge on any atom is -0.380 e. The monoisotopic (exact) mass is 187 g/mol. The lowest BCUT2D eigenvalue weighted by atomic mass is 9.75. The van der Waals surface area contributed by atoms with Crippen molar-refractivity contribution in [1.29, 1.82) is 0 Å². The van der Waals surface area contributed by atoms with E-state index in [1.54, 1.807) is 7.11 Å². The van der Waals surface area contributed by atoms with Crippen LogP contribution in [0.4, 0.5) is 0 Å². The number of hydrogen-bond donors (Lipinski definition) is 1. The predicted molar refractivity (Wildman–Crippen MR) is 52.7 cm³/mol. The van der Waals surface area contributed by atoms with Gasteiger partial charge in [-0.15, -0.1) is 0 Å². The molecule has 3 nitrogen and oxygen atoms in total. The molecule has 0 spiro atoms. The molecule has 3 heteroatoms. The summed E-state index contributed by atoms with van der Waals surface area (Å²) in [6, 6.07) is 0.0396. The molecule has 0 aromatic rings. The van der Waals surface area contributed by atoms with E-state index in [4.69, 9.17) is 15.2 Å². The average Bonchev–Trinajstić information content (AvgIpc) is 2.04. The van der Waals surface area contributed by atoms with Crippen LogP contribution in [0.3, 0.4) is 0 Å². The number of methoxy groups -OCH3 is 1. The van der Waals surface area contributed by atoms with Gasteiger partial charge < -0.3 is 15.2 Å². The minimum absolute atomic E-state index is 0.0396. The molecule has 0 amide bonds. The van der Waals surface area contributed by atoms with Crippen LogP contribution in [0.1, 0.15) is 32.6 Å². The van der Waals surface area contributed by atoms with Crippen molar-refractivity contribution in [3.05, 3.63) is 0 Å². The molecule has 0 aromatic heterocycles. The molecule has 0 aromatic carbocycles. The quantitative estimate of drug-likeness (QED) is 0.638. The van der Waals surface area contributed by atoms with Crippen molar-refractivity contribution in [2.24, 2.45) is 5.73 Å². The third-order valence-electron chi connectivity index (χ3n) is 2.93. The molecule has 0 heterocycles. The Kier molecular flexibility index (Phi) is 4.16. The molecule has 0 radical (unpaired) electrons. The van der Waals surface area contributed by atoms with E-state index in [9.17, 15) is 0 Å². The Labute approximate surface area is 80.6 Å². The molecule has 0 bridgehead atoms. The summed E-state index contributed by atoms with van der Waals surface area (Å²) in [5, 5.41) is 0. The second-order valence-electron chi connectivity index (χ2n) is 3.80. The highest BCUT2D eigenvalue weighted by Crippen LogP contribution is 2.37. The first-order valence-electron chi connectivity index (χ1n) is 5.13. The zero-order chi connectivity index (χ0) is 9.73. The molecule has 13 heavy (non-hydrogen) atoms. The topological polar surface area (TPSA) is 44.5 Å². The average molecular weight is 187 g/mol. The molecule has 1 aliphatic rings. The van der Waals surface area contributed by atoms with Gasteiger partial charge in [0, 0.05) is 13.7 Å². The number of nitrogens with two attached hydrogens (primary N) is 1. The summed E-state index contributed by atoms with van der Waals surface area (Å²) in [6.07, 6.45) is 4.45. The first-order valence-corrected chi connectivity index (χ1v) is 5.13. The molecule has 0 aliphatic heterocycles. The van der Waals surface area contributed by atoms with Crippen LogP contribution >= 0.6 is 0 Å². The summed E-state index contributed by atoms with van der Waals surface area (Å²) < 4.78 is 10.9. The van der Waals surface area contributed by atoms with Crippen molar-refractivity contribution in [2.75, 3.05) is 20.3 Å². The Morgan fingerprint density at radius 2 is 2.15 bits per heavy atom. The third-order valence-corrected chi connectivity index (χ3v) is 2.93. The van der Waals surface area contributed by atoms with Crippen LogP contribution in [0, 0.1) is 0 Å². The Bertz CT molecular complexity index is 140. The van der Waals surface area contributed by atoms with E-state index in [2.05, 4.69) is 6.92 Å². The van der Waals surface area contributed by atoms with E-state index in [0.717, 1.165) is 25.9 Å². The number of hydrogen-bond acceptors (Lipinski definition) is 3. The lowest BCUT2D eigenvalue weighted by Gasteiger charge is -2.44. The highest BCUT2D eigenvalue weighted by molar-refractivity contribution is 4.98. The summed E-state index contributed by atoms with van der Waals surface area (Å²) in [5.41, 5.74) is 5.94. The van der Waals surface area contributed by atoms with Crippen molar-refractivity contribution in [2.45, 2.75) is 44.2 Å². The Morgan fingerprint density at radius 3 is 2.54 bits per heavy atom. The van der Waals surface area contributed by atoms with E-state index >= 15 is 0 Å². The van der Waals surface area contributed by atoms with Crippen LogP contribution in [-0.2, 0) is 9.47 Å². The molecule has 1 rings (SSSR count). The molecular weight excluding hydrogens is 166 g/mol. The summed E-state index contributed by atoms with van der Waals surface area (Å²) in [5.74, 6) is 0. The zero-order valence-electron chi connectivity index (χ0n) is 8.71. The maximum Gasteiger partial charge on any atom is 0.0851 e. The normalized spacial score (nSPS) is 22.4. The second kappa shape index (κ2) is 4.94. The molecule has 1 saturated carbocycles. The van der Waals surface area contributed by atoms with Crippen molar-refractivity contribution in [1.82, 2.24) is 0 Å². The Hall–Kier alpha value is -0.120. The third kappa shape index (κ3) is 2.42. The smallest absolute Gasteiger partial charge is 0.0851 e. The van der Waals surface area contributed by atoms with E-state index in [0.29, 0.717) is 6.61 Å². The maximum absolute atomic E-state index is 6.02. The van der Waals surface area contributed by atoms with Crippen molar-refractivity contribution < 1.29 is 9.47 Å². The van der Waals surface area contributed by atoms with Gasteiger partial charge in [0.25, 0.3) is 0 Å². The first-order chi connectivity index (χ1) is 6.25. The fraction of sp³-hybridized carbons (Fsp3) is 1.00. The molecule has 1 atom stereocenters. The van der Waals surface area contributed by atoms with Crippen LogP contribution in [0.25, 0.3) is 0 Å². The molecule has 78 valence electrons. The Morgan fingerprint density at radius 1 is 1.46 bits per heavy atom. The summed E-state index contributed by atoms with van der Waals surface area (Å²) >= 11 is 0. The van der Waals surface area contributed by atoms with Crippen LogP contribution in [0.5, 0.6) is 0 Å². The minimum atomic E-state index is -0.0757. The molecule has 1 fully saturated rings. The lowest BCUT2D eigenvalue weighted by molar-refractivity contribution is -0.105. The van der Waals surface area contributed by atoms with Crippen LogP contribution in [0.15, 0.2) is 0 Å². The summed E-state index contributed by atoms with van der Waals surface area (Å²) in [4.78, 5) is 0. The van der Waals surface area contributed by atoms with Gasteiger partial charge in [0.05, 0.1) is 18.2 Å². The molecule has 1 unspecified atom stereocenters. The molecule has 0 saturated heterocycles. The van der Waals surface area contributed by atoms with Gasteiger partial charge in [0.15, 0.2) is 0 Å². The fourth-order valence-electron chi connectivity index (χ4n) is 1.76. The van der Waals surface area contributed by atoms with Gasteiger partial charge in [0.2, 0.25) is 0 Å². The lowest BCUT2D eigenvalue weighted by Crippen LogP contribution is -2.56. The van der Waals surface area contributed by atoms with Gasteiger partial charge in [-0.1, -0.05) is 6.92 Å². The van der Waals surface area contributed by atoms with E-state index in [-0.39, 0.29) is 11.6 Å². The largest absolute Gasteiger partial charge is 0.380 e. The highest BCUT2D eigenvalue weighted by atomic mass is 16.5. The summed E-state index contributed by atoms with van der Waals surface area (Å²) in [6.45, 7) is 3.52. The number of rotatable bonds is 6. The van der Waals surface area contributed by atoms with Gasteiger partial charge in [-0.3, -0.25) is 0 Å². The Balaban J connectivity index is 2.24. The highest BCUT2D eigenvalue weighted by Gasteiger charge is 2.42. The van der Waals surface area contributed by atoms with E-state index in [1.165, 1.54) is 6.42 Å². The van der Waals surface area contributed by atoms with Gasteiger partial charge in [-0.05, 0) is 25.7 Å². The van der Waals surface area contributed by atoms with E-state index in [1.807, 2.05) is 0 Å². The number of ether oxygens (including phenoxy) is 2. The SMILES string of the molecule is CCCOCC(N)C1(OC)CCC1. The first kappa shape index (κ1) is 11.0. The van der Waals surface area contributed by atoms with Crippen molar-refractivity contribution in [3.8, 4) is 0 Å². The van der Waals surface area contributed by atoms with Crippen LogP contribution in [-0.4, -0.2) is 32.0 Å². The van der Waals surface area contributed by atoms with Crippen LogP contribution < -0.4 is 5.73 Å². The fourth-order valence-corrected chi connectivity index (χ4v) is 1.76. The van der Waals surface area contributed by atoms with Gasteiger partial charge >= 0.3 is 0 Å². The van der Waals surface area contributed by atoms with Gasteiger partial charge in [0.1, 0.15) is 0 Å². The van der Waals surface area contributed by atoms with Gasteiger partial charge in [-0.25, -0.2) is 0 Å². The molecular formula is C10H21NO2. The molecule has 1 aliphatic carbocycles. The van der Waals surface area contributed by atoms with E-state index < -0.39 is 0 Å². The predicted octanol–water partition coefficient (Wildman–Crippen LogP) is 1.31. The second-order valence-corrected chi connectivity index (χ2v) is 3.80. The maximum atomic E-state index is 6.02. The standard InChI is InChI=1S/C10H21NO2/c1-3-7-13-8-9(11)10(12-2)5-4-6-10/h9H,3-8,11H2,1-2H3. The van der Waals surface area contributed by atoms with Crippen molar-refractivity contribution >= 4 is 0 Å². The van der Waals surface area contributed by atoms with Gasteiger partial charge in [-0.2, -0.15) is 0 Å². The summed E-state index contributed by atoms with van der Waals surface area (Å²) in [7, 11) is 1.75. The molecule has 2 N–H and O–H groups in total. The zero-order valence-corrected chi connectivity index (χ0v) is 8.71. The van der Waals surface area contributed by atoms with Crippen LogP contribution in [0.2, 0.25) is 0 Å².